The number of amides is 2. The van der Waals surface area contributed by atoms with E-state index in [4.69, 9.17) is 9.47 Å². The summed E-state index contributed by atoms with van der Waals surface area (Å²) >= 11 is 0. The van der Waals surface area contributed by atoms with E-state index in [1.807, 2.05) is 43.3 Å². The molecule has 2 rings (SSSR count). The fraction of sp³-hybridized carbons (Fsp3) is 0.300. The van der Waals surface area contributed by atoms with Crippen molar-refractivity contribution in [3.63, 3.8) is 0 Å². The molecule has 0 aliphatic rings. The van der Waals surface area contributed by atoms with Gasteiger partial charge in [0.25, 0.3) is 0 Å². The van der Waals surface area contributed by atoms with E-state index in [0.29, 0.717) is 23.7 Å². The third-order valence-electron chi connectivity index (χ3n) is 3.98. The number of carbonyl (C=O) groups excluding carboxylic acids is 2. The second-order valence-electron chi connectivity index (χ2n) is 5.64. The van der Waals surface area contributed by atoms with Crippen LogP contribution in [-0.2, 0) is 16.0 Å². The highest BCUT2D eigenvalue weighted by Crippen LogP contribution is 2.23. The van der Waals surface area contributed by atoms with Crippen molar-refractivity contribution in [3.05, 3.63) is 54.1 Å². The number of nitrogens with one attached hydrogen (secondary N) is 1. The molecular weight excluding hydrogens is 332 g/mol. The summed E-state index contributed by atoms with van der Waals surface area (Å²) in [6.07, 6.45) is 0.180. The molecule has 0 aromatic heterocycles. The molecule has 2 aromatic rings. The molecule has 2 amide bonds. The van der Waals surface area contributed by atoms with E-state index in [1.165, 1.54) is 4.90 Å². The summed E-state index contributed by atoms with van der Waals surface area (Å²) in [7, 11) is 3.11. The molecule has 1 N–H and O–H groups in total. The second-order valence-corrected chi connectivity index (χ2v) is 5.64. The number of rotatable bonds is 8. The molecule has 0 heterocycles. The third-order valence-corrected chi connectivity index (χ3v) is 3.98. The van der Waals surface area contributed by atoms with Gasteiger partial charge in [-0.15, -0.1) is 0 Å². The zero-order chi connectivity index (χ0) is 18.9. The number of benzene rings is 2. The van der Waals surface area contributed by atoms with Crippen molar-refractivity contribution in [1.82, 2.24) is 4.90 Å². The number of carbonyl (C=O) groups is 2. The Morgan fingerprint density at radius 1 is 0.962 bits per heavy atom. The van der Waals surface area contributed by atoms with Gasteiger partial charge in [-0.2, -0.15) is 0 Å². The maximum Gasteiger partial charge on any atom is 0.244 e. The van der Waals surface area contributed by atoms with Crippen molar-refractivity contribution < 1.29 is 19.1 Å². The molecule has 0 saturated heterocycles. The maximum atomic E-state index is 12.6. The molecule has 0 atom stereocenters. The number of ether oxygens (including phenoxy) is 2. The number of nitrogens with zero attached hydrogens (tertiary/aromatic N) is 1. The summed E-state index contributed by atoms with van der Waals surface area (Å²) in [5, 5.41) is 2.79. The molecule has 0 fully saturated rings. The van der Waals surface area contributed by atoms with E-state index in [-0.39, 0.29) is 24.8 Å². The highest BCUT2D eigenvalue weighted by Gasteiger charge is 2.18. The first-order valence-electron chi connectivity index (χ1n) is 8.41. The molecule has 138 valence electrons. The Morgan fingerprint density at radius 3 is 2.23 bits per heavy atom. The monoisotopic (exact) mass is 356 g/mol. The molecule has 6 nitrogen and oxygen atoms in total. The Bertz CT molecular complexity index is 761. The van der Waals surface area contributed by atoms with Crippen molar-refractivity contribution in [2.24, 2.45) is 0 Å². The molecule has 0 saturated carbocycles. The lowest BCUT2D eigenvalue weighted by atomic mass is 10.1. The lowest BCUT2D eigenvalue weighted by Gasteiger charge is -2.21. The van der Waals surface area contributed by atoms with Gasteiger partial charge in [-0.05, 0) is 25.1 Å². The Labute approximate surface area is 153 Å². The van der Waals surface area contributed by atoms with Gasteiger partial charge in [-0.3, -0.25) is 9.59 Å². The van der Waals surface area contributed by atoms with Gasteiger partial charge >= 0.3 is 0 Å². The molecule has 0 spiro atoms. The molecule has 26 heavy (non-hydrogen) atoms. The summed E-state index contributed by atoms with van der Waals surface area (Å²) in [6.45, 7) is 2.26. The standard InChI is InChI=1S/C20H24N2O4/c1-4-22(20(24)13-15-9-5-7-11-17(15)25-2)14-19(23)21-16-10-6-8-12-18(16)26-3/h5-12H,4,13-14H2,1-3H3,(H,21,23). The van der Waals surface area contributed by atoms with Gasteiger partial charge in [0.1, 0.15) is 11.5 Å². The van der Waals surface area contributed by atoms with Crippen LogP contribution in [0.1, 0.15) is 12.5 Å². The van der Waals surface area contributed by atoms with Gasteiger partial charge < -0.3 is 19.7 Å². The molecule has 2 aromatic carbocycles. The van der Waals surface area contributed by atoms with Gasteiger partial charge in [0.15, 0.2) is 0 Å². The highest BCUT2D eigenvalue weighted by molar-refractivity contribution is 5.96. The van der Waals surface area contributed by atoms with Crippen LogP contribution in [-0.4, -0.2) is 44.0 Å². The summed E-state index contributed by atoms with van der Waals surface area (Å²) in [4.78, 5) is 26.4. The molecule has 0 bridgehead atoms. The summed E-state index contributed by atoms with van der Waals surface area (Å²) in [5.74, 6) is 0.830. The largest absolute Gasteiger partial charge is 0.496 e. The minimum Gasteiger partial charge on any atom is -0.496 e. The smallest absolute Gasteiger partial charge is 0.244 e. The van der Waals surface area contributed by atoms with Crippen LogP contribution in [0.5, 0.6) is 11.5 Å². The van der Waals surface area contributed by atoms with Crippen molar-refractivity contribution in [2.75, 3.05) is 32.6 Å². The van der Waals surface area contributed by atoms with Crippen LogP contribution in [0.25, 0.3) is 0 Å². The van der Waals surface area contributed by atoms with E-state index in [1.54, 1.807) is 26.4 Å². The third kappa shape index (κ3) is 4.99. The Hall–Kier alpha value is -3.02. The van der Waals surface area contributed by atoms with Crippen molar-refractivity contribution in [1.29, 1.82) is 0 Å². The number of methoxy groups -OCH3 is 2. The zero-order valence-electron chi connectivity index (χ0n) is 15.3. The van der Waals surface area contributed by atoms with Crippen molar-refractivity contribution >= 4 is 17.5 Å². The lowest BCUT2D eigenvalue weighted by molar-refractivity contribution is -0.133. The number of likely N-dealkylation sites (N-methyl/N-ethyl adjacent to an activating group) is 1. The van der Waals surface area contributed by atoms with E-state index in [9.17, 15) is 9.59 Å². The average Bonchev–Trinajstić information content (AvgIpc) is 2.66. The predicted molar refractivity (Wildman–Crippen MR) is 101 cm³/mol. The van der Waals surface area contributed by atoms with Crippen LogP contribution in [0.3, 0.4) is 0 Å². The fourth-order valence-electron chi connectivity index (χ4n) is 2.61. The summed E-state index contributed by atoms with van der Waals surface area (Å²) in [6, 6.07) is 14.5. The molecule has 0 aliphatic heterocycles. The van der Waals surface area contributed by atoms with Crippen LogP contribution in [0, 0.1) is 0 Å². The quantitative estimate of drug-likeness (QED) is 0.790. The van der Waals surface area contributed by atoms with Crippen molar-refractivity contribution in [2.45, 2.75) is 13.3 Å². The van der Waals surface area contributed by atoms with E-state index in [0.717, 1.165) is 5.56 Å². The van der Waals surface area contributed by atoms with Gasteiger partial charge in [-0.1, -0.05) is 30.3 Å². The topological polar surface area (TPSA) is 67.9 Å². The average molecular weight is 356 g/mol. The SMILES string of the molecule is CCN(CC(=O)Nc1ccccc1OC)C(=O)Cc1ccccc1OC. The Balaban J connectivity index is 2.01. The first kappa shape index (κ1) is 19.3. The zero-order valence-corrected chi connectivity index (χ0v) is 15.3. The molecule has 0 unspecified atom stereocenters. The van der Waals surface area contributed by atoms with E-state index in [2.05, 4.69) is 5.32 Å². The number of hydrogen-bond acceptors (Lipinski definition) is 4. The summed E-state index contributed by atoms with van der Waals surface area (Å²) in [5.41, 5.74) is 1.37. The number of hydrogen-bond donors (Lipinski definition) is 1. The Kier molecular flexibility index (Phi) is 7.02. The first-order chi connectivity index (χ1) is 12.6. The van der Waals surface area contributed by atoms with E-state index >= 15 is 0 Å². The summed E-state index contributed by atoms with van der Waals surface area (Å²) < 4.78 is 10.5. The maximum absolute atomic E-state index is 12.6. The molecular formula is C20H24N2O4. The van der Waals surface area contributed by atoms with Gasteiger partial charge in [0.05, 0.1) is 32.9 Å². The first-order valence-corrected chi connectivity index (χ1v) is 8.41. The van der Waals surface area contributed by atoms with Crippen LogP contribution in [0.2, 0.25) is 0 Å². The van der Waals surface area contributed by atoms with Crippen molar-refractivity contribution in [3.8, 4) is 11.5 Å². The van der Waals surface area contributed by atoms with Crippen LogP contribution in [0.4, 0.5) is 5.69 Å². The highest BCUT2D eigenvalue weighted by atomic mass is 16.5. The minimum atomic E-state index is -0.273. The molecule has 6 heteroatoms. The fourth-order valence-corrected chi connectivity index (χ4v) is 2.61. The van der Waals surface area contributed by atoms with Gasteiger partial charge in [-0.25, -0.2) is 0 Å². The van der Waals surface area contributed by atoms with Gasteiger partial charge in [0, 0.05) is 12.1 Å². The second kappa shape index (κ2) is 9.46. The number of anilines is 1. The van der Waals surface area contributed by atoms with Gasteiger partial charge in [0.2, 0.25) is 11.8 Å². The minimum absolute atomic E-state index is 0.0253. The molecule has 0 aliphatic carbocycles. The lowest BCUT2D eigenvalue weighted by Crippen LogP contribution is -2.38. The van der Waals surface area contributed by atoms with Crippen LogP contribution in [0.15, 0.2) is 48.5 Å². The normalized spacial score (nSPS) is 10.1. The predicted octanol–water partition coefficient (Wildman–Crippen LogP) is 2.73. The van der Waals surface area contributed by atoms with Crippen LogP contribution >= 0.6 is 0 Å². The molecule has 0 radical (unpaired) electrons. The number of para-hydroxylation sites is 3. The van der Waals surface area contributed by atoms with E-state index < -0.39 is 0 Å². The Morgan fingerprint density at radius 2 is 1.58 bits per heavy atom. The van der Waals surface area contributed by atoms with Crippen LogP contribution < -0.4 is 14.8 Å².